The Kier molecular flexibility index (Phi) is 5.69. The van der Waals surface area contributed by atoms with Crippen LogP contribution in [0.25, 0.3) is 0 Å². The summed E-state index contributed by atoms with van der Waals surface area (Å²) in [6.07, 6.45) is 0.806. The predicted molar refractivity (Wildman–Crippen MR) is 103 cm³/mol. The van der Waals surface area contributed by atoms with E-state index in [1.165, 1.54) is 10.5 Å². The van der Waals surface area contributed by atoms with Crippen LogP contribution in [0.2, 0.25) is 0 Å². The van der Waals surface area contributed by atoms with Crippen LogP contribution in [0.1, 0.15) is 41.5 Å². The minimum absolute atomic E-state index is 0.0448. The number of nitrogen functional groups attached to an aromatic ring is 1. The number of hydrogen-bond acceptors (Lipinski definition) is 5. The maximum Gasteiger partial charge on any atom is 0.273 e. The van der Waals surface area contributed by atoms with E-state index in [1.807, 2.05) is 36.9 Å². The first kappa shape index (κ1) is 18.8. The number of anilines is 1. The van der Waals surface area contributed by atoms with Gasteiger partial charge in [-0.05, 0) is 24.0 Å². The second-order valence-electron chi connectivity index (χ2n) is 7.03. The monoisotopic (exact) mass is 367 g/mol. The van der Waals surface area contributed by atoms with Crippen LogP contribution in [0.5, 0.6) is 0 Å². The Morgan fingerprint density at radius 3 is 2.59 bits per heavy atom. The number of amides is 2. The molecule has 1 saturated heterocycles. The predicted octanol–water partition coefficient (Wildman–Crippen LogP) is 1.71. The molecule has 27 heavy (non-hydrogen) atoms. The molecule has 142 valence electrons. The largest absolute Gasteiger partial charge is 0.368 e. The third-order valence-corrected chi connectivity index (χ3v) is 4.69. The molecule has 1 aliphatic rings. The van der Waals surface area contributed by atoms with E-state index in [4.69, 9.17) is 5.73 Å². The molecule has 0 spiro atoms. The Labute approximate surface area is 159 Å². The molecule has 2 amide bonds. The van der Waals surface area contributed by atoms with Crippen LogP contribution in [0.15, 0.2) is 36.4 Å². The molecule has 2 aromatic rings. The Morgan fingerprint density at radius 2 is 1.93 bits per heavy atom. The molecule has 2 heterocycles. The molecule has 1 aromatic carbocycles. The Morgan fingerprint density at radius 1 is 1.19 bits per heavy atom. The molecule has 0 aliphatic carbocycles. The third kappa shape index (κ3) is 4.61. The van der Waals surface area contributed by atoms with E-state index in [-0.39, 0.29) is 35.9 Å². The molecule has 2 N–H and O–H groups in total. The molecule has 0 radical (unpaired) electrons. The van der Waals surface area contributed by atoms with Crippen molar-refractivity contribution < 1.29 is 9.59 Å². The minimum atomic E-state index is -0.276. The summed E-state index contributed by atoms with van der Waals surface area (Å²) in [5.74, 6) is -0.102. The number of carbonyl (C=O) groups excluding carboxylic acids is 2. The molecule has 0 unspecified atom stereocenters. The lowest BCUT2D eigenvalue weighted by Crippen LogP contribution is -2.52. The van der Waals surface area contributed by atoms with Crippen LogP contribution in [0.3, 0.4) is 0 Å². The summed E-state index contributed by atoms with van der Waals surface area (Å²) < 4.78 is 0. The fourth-order valence-corrected chi connectivity index (χ4v) is 3.08. The highest BCUT2D eigenvalue weighted by Crippen LogP contribution is 2.16. The first-order chi connectivity index (χ1) is 12.9. The van der Waals surface area contributed by atoms with Crippen molar-refractivity contribution >= 4 is 17.8 Å². The van der Waals surface area contributed by atoms with Crippen LogP contribution in [-0.4, -0.2) is 57.8 Å². The fraction of sp³-hybridized carbons (Fsp3) is 0.400. The topological polar surface area (TPSA) is 92.4 Å². The van der Waals surface area contributed by atoms with Crippen LogP contribution >= 0.6 is 0 Å². The third-order valence-electron chi connectivity index (χ3n) is 4.69. The number of carbonyl (C=O) groups is 2. The molecule has 1 aliphatic heterocycles. The van der Waals surface area contributed by atoms with Crippen LogP contribution < -0.4 is 5.73 Å². The van der Waals surface area contributed by atoms with E-state index < -0.39 is 0 Å². The van der Waals surface area contributed by atoms with Gasteiger partial charge in [-0.25, -0.2) is 9.97 Å². The minimum Gasteiger partial charge on any atom is -0.368 e. The summed E-state index contributed by atoms with van der Waals surface area (Å²) in [6.45, 7) is 5.68. The van der Waals surface area contributed by atoms with Crippen molar-refractivity contribution in [3.63, 3.8) is 0 Å². The lowest BCUT2D eigenvalue weighted by atomic mass is 10.1. The van der Waals surface area contributed by atoms with Gasteiger partial charge in [0.2, 0.25) is 11.9 Å². The van der Waals surface area contributed by atoms with Gasteiger partial charge in [0, 0.05) is 25.3 Å². The van der Waals surface area contributed by atoms with Crippen molar-refractivity contribution in [3.8, 4) is 0 Å². The van der Waals surface area contributed by atoms with Crippen LogP contribution in [-0.2, 0) is 11.2 Å². The van der Waals surface area contributed by atoms with E-state index in [0.29, 0.717) is 19.6 Å². The lowest BCUT2D eigenvalue weighted by molar-refractivity contribution is -0.134. The summed E-state index contributed by atoms with van der Waals surface area (Å²) in [4.78, 5) is 36.8. The molecular formula is C20H25N5O2. The van der Waals surface area contributed by atoms with Crippen molar-refractivity contribution in [1.29, 1.82) is 0 Å². The Bertz CT molecular complexity index is 822. The number of nitrogens with zero attached hydrogens (tertiary/aromatic N) is 4. The molecular weight excluding hydrogens is 342 g/mol. The molecule has 1 fully saturated rings. The van der Waals surface area contributed by atoms with Crippen molar-refractivity contribution in [2.45, 2.75) is 26.2 Å². The highest BCUT2D eigenvalue weighted by Gasteiger charge is 2.28. The number of hydrogen-bond donors (Lipinski definition) is 1. The standard InChI is InChI=1S/C20H25N5O2/c1-14(2)16-12-17(23-20(21)22-16)19(27)25-11-10-24(18(26)13-25)9-8-15-6-4-3-5-7-15/h3-7,12,14H,8-11,13H2,1-2H3,(H2,21,22,23). The maximum absolute atomic E-state index is 12.8. The van der Waals surface area contributed by atoms with Gasteiger partial charge in [0.05, 0.1) is 0 Å². The first-order valence-electron chi connectivity index (χ1n) is 9.19. The average Bonchev–Trinajstić information content (AvgIpc) is 2.66. The van der Waals surface area contributed by atoms with E-state index in [9.17, 15) is 9.59 Å². The van der Waals surface area contributed by atoms with Gasteiger partial charge < -0.3 is 15.5 Å². The number of benzene rings is 1. The number of nitrogens with two attached hydrogens (primary N) is 1. The van der Waals surface area contributed by atoms with E-state index >= 15 is 0 Å². The Hall–Kier alpha value is -2.96. The number of aromatic nitrogens is 2. The molecule has 3 rings (SSSR count). The Balaban J connectivity index is 1.62. The van der Waals surface area contributed by atoms with Crippen molar-refractivity contribution in [2.24, 2.45) is 0 Å². The maximum atomic E-state index is 12.8. The molecule has 7 heteroatoms. The molecule has 7 nitrogen and oxygen atoms in total. The van der Waals surface area contributed by atoms with E-state index in [1.54, 1.807) is 6.07 Å². The van der Waals surface area contributed by atoms with Crippen LogP contribution in [0.4, 0.5) is 5.95 Å². The smallest absolute Gasteiger partial charge is 0.273 e. The quantitative estimate of drug-likeness (QED) is 0.868. The summed E-state index contributed by atoms with van der Waals surface area (Å²) in [5, 5.41) is 0. The summed E-state index contributed by atoms with van der Waals surface area (Å²) >= 11 is 0. The van der Waals surface area contributed by atoms with Gasteiger partial charge in [-0.2, -0.15) is 0 Å². The van der Waals surface area contributed by atoms with Gasteiger partial charge in [-0.3, -0.25) is 9.59 Å². The van der Waals surface area contributed by atoms with Gasteiger partial charge in [0.25, 0.3) is 5.91 Å². The van der Waals surface area contributed by atoms with Crippen molar-refractivity contribution in [2.75, 3.05) is 31.9 Å². The molecule has 0 atom stereocenters. The zero-order valence-corrected chi connectivity index (χ0v) is 15.8. The summed E-state index contributed by atoms with van der Waals surface area (Å²) in [6, 6.07) is 11.7. The van der Waals surface area contributed by atoms with Crippen molar-refractivity contribution in [3.05, 3.63) is 53.3 Å². The molecule has 0 bridgehead atoms. The normalized spacial score (nSPS) is 14.7. The first-order valence-corrected chi connectivity index (χ1v) is 9.19. The summed E-state index contributed by atoms with van der Waals surface area (Å²) in [7, 11) is 0. The highest BCUT2D eigenvalue weighted by atomic mass is 16.2. The molecule has 1 aromatic heterocycles. The number of rotatable bonds is 5. The highest BCUT2D eigenvalue weighted by molar-refractivity contribution is 5.95. The zero-order chi connectivity index (χ0) is 19.4. The molecule has 0 saturated carbocycles. The lowest BCUT2D eigenvalue weighted by Gasteiger charge is -2.34. The van der Waals surface area contributed by atoms with Crippen molar-refractivity contribution in [1.82, 2.24) is 19.8 Å². The van der Waals surface area contributed by atoms with Gasteiger partial charge in [-0.15, -0.1) is 0 Å². The van der Waals surface area contributed by atoms with Gasteiger partial charge in [0.1, 0.15) is 12.2 Å². The second-order valence-corrected chi connectivity index (χ2v) is 7.03. The van der Waals surface area contributed by atoms with Gasteiger partial charge in [-0.1, -0.05) is 44.2 Å². The van der Waals surface area contributed by atoms with Gasteiger partial charge >= 0.3 is 0 Å². The summed E-state index contributed by atoms with van der Waals surface area (Å²) in [5.41, 5.74) is 7.90. The van der Waals surface area contributed by atoms with E-state index in [0.717, 1.165) is 12.1 Å². The fourth-order valence-electron chi connectivity index (χ4n) is 3.08. The van der Waals surface area contributed by atoms with Gasteiger partial charge in [0.15, 0.2) is 0 Å². The SMILES string of the molecule is CC(C)c1cc(C(=O)N2CCN(CCc3ccccc3)C(=O)C2)nc(N)n1. The number of piperazine rings is 1. The van der Waals surface area contributed by atoms with Crippen LogP contribution in [0, 0.1) is 0 Å². The van der Waals surface area contributed by atoms with E-state index in [2.05, 4.69) is 22.1 Å². The zero-order valence-electron chi connectivity index (χ0n) is 15.8. The second kappa shape index (κ2) is 8.16. The average molecular weight is 367 g/mol.